The van der Waals surface area contributed by atoms with Crippen LogP contribution in [0.15, 0.2) is 51.8 Å². The number of primary sulfonamides is 1. The van der Waals surface area contributed by atoms with Gasteiger partial charge in [0.2, 0.25) is 15.9 Å². The summed E-state index contributed by atoms with van der Waals surface area (Å²) in [5.41, 5.74) is 2.79. The summed E-state index contributed by atoms with van der Waals surface area (Å²) in [5.74, 6) is -0.361. The molecule has 2 rings (SSSR count). The molecule has 0 aliphatic carbocycles. The summed E-state index contributed by atoms with van der Waals surface area (Å²) in [6.07, 6.45) is 3.06. The van der Waals surface area contributed by atoms with E-state index in [1.54, 1.807) is 19.9 Å². The van der Waals surface area contributed by atoms with Gasteiger partial charge in [0.1, 0.15) is 0 Å². The zero-order valence-electron chi connectivity index (χ0n) is 13.2. The van der Waals surface area contributed by atoms with Gasteiger partial charge in [-0.3, -0.25) is 4.79 Å². The van der Waals surface area contributed by atoms with Crippen LogP contribution in [0.1, 0.15) is 16.7 Å². The molecule has 0 unspecified atom stereocenters. The summed E-state index contributed by atoms with van der Waals surface area (Å²) in [6, 6.07) is 10.3. The summed E-state index contributed by atoms with van der Waals surface area (Å²) in [7, 11) is -3.84. The van der Waals surface area contributed by atoms with E-state index in [1.807, 2.05) is 24.3 Å². The quantitative estimate of drug-likeness (QED) is 0.759. The molecule has 126 valence electrons. The van der Waals surface area contributed by atoms with Gasteiger partial charge in [-0.05, 0) is 54.8 Å². The van der Waals surface area contributed by atoms with E-state index < -0.39 is 10.0 Å². The Labute approximate surface area is 149 Å². The molecule has 3 N–H and O–H groups in total. The van der Waals surface area contributed by atoms with Crippen LogP contribution in [0.2, 0.25) is 0 Å². The number of nitrogens with one attached hydrogen (secondary N) is 1. The van der Waals surface area contributed by atoms with Crippen molar-refractivity contribution in [2.45, 2.75) is 18.7 Å². The van der Waals surface area contributed by atoms with Gasteiger partial charge in [-0.1, -0.05) is 34.1 Å². The minimum absolute atomic E-state index is 0.0318. The van der Waals surface area contributed by atoms with E-state index in [1.165, 1.54) is 18.2 Å². The van der Waals surface area contributed by atoms with Crippen LogP contribution < -0.4 is 10.5 Å². The van der Waals surface area contributed by atoms with E-state index in [4.69, 9.17) is 5.14 Å². The predicted molar refractivity (Wildman–Crippen MR) is 99.1 cm³/mol. The van der Waals surface area contributed by atoms with Crippen LogP contribution in [0.3, 0.4) is 0 Å². The van der Waals surface area contributed by atoms with E-state index in [9.17, 15) is 13.2 Å². The Balaban J connectivity index is 2.26. The number of carbonyl (C=O) groups is 1. The Morgan fingerprint density at radius 3 is 2.50 bits per heavy atom. The van der Waals surface area contributed by atoms with Crippen LogP contribution in [0.4, 0.5) is 5.69 Å². The molecule has 0 bridgehead atoms. The Bertz CT molecular complexity index is 921. The Hall–Kier alpha value is -1.96. The molecule has 0 aliphatic rings. The smallest absolute Gasteiger partial charge is 0.248 e. The average Bonchev–Trinajstić information content (AvgIpc) is 2.50. The number of carbonyl (C=O) groups excluding carboxylic acids is 1. The largest absolute Gasteiger partial charge is 0.322 e. The van der Waals surface area contributed by atoms with Crippen LogP contribution in [-0.4, -0.2) is 14.3 Å². The molecular weight excluding hydrogens is 392 g/mol. The van der Waals surface area contributed by atoms with Crippen molar-refractivity contribution in [3.63, 3.8) is 0 Å². The molecule has 24 heavy (non-hydrogen) atoms. The number of amides is 1. The Morgan fingerprint density at radius 1 is 1.21 bits per heavy atom. The summed E-state index contributed by atoms with van der Waals surface area (Å²) in [6.45, 7) is 3.56. The second kappa shape index (κ2) is 7.29. The van der Waals surface area contributed by atoms with Crippen LogP contribution in [0, 0.1) is 13.8 Å². The molecule has 5 nitrogen and oxygen atoms in total. The maximum absolute atomic E-state index is 12.1. The second-order valence-electron chi connectivity index (χ2n) is 5.30. The molecule has 0 heterocycles. The van der Waals surface area contributed by atoms with Crippen molar-refractivity contribution >= 4 is 43.6 Å². The summed E-state index contributed by atoms with van der Waals surface area (Å²) >= 11 is 3.40. The Kier molecular flexibility index (Phi) is 5.58. The lowest BCUT2D eigenvalue weighted by Gasteiger charge is -2.11. The zero-order valence-corrected chi connectivity index (χ0v) is 15.6. The highest BCUT2D eigenvalue weighted by Gasteiger charge is 2.13. The van der Waals surface area contributed by atoms with Crippen molar-refractivity contribution in [3.8, 4) is 0 Å². The molecular formula is C17H17BrN2O3S. The summed E-state index contributed by atoms with van der Waals surface area (Å²) in [4.78, 5) is 12.1. The number of anilines is 1. The maximum atomic E-state index is 12.1. The van der Waals surface area contributed by atoms with Crippen LogP contribution >= 0.6 is 15.9 Å². The highest BCUT2D eigenvalue weighted by Crippen LogP contribution is 2.24. The van der Waals surface area contributed by atoms with Crippen LogP contribution in [0.25, 0.3) is 6.08 Å². The van der Waals surface area contributed by atoms with Gasteiger partial charge in [-0.2, -0.15) is 0 Å². The molecule has 0 aliphatic heterocycles. The number of rotatable bonds is 4. The van der Waals surface area contributed by atoms with Crippen molar-refractivity contribution < 1.29 is 13.2 Å². The first-order valence-electron chi connectivity index (χ1n) is 7.06. The lowest BCUT2D eigenvalue weighted by Crippen LogP contribution is -2.15. The minimum Gasteiger partial charge on any atom is -0.322 e. The molecule has 0 spiro atoms. The second-order valence-corrected chi connectivity index (χ2v) is 7.72. The van der Waals surface area contributed by atoms with Crippen molar-refractivity contribution in [2.75, 3.05) is 5.32 Å². The van der Waals surface area contributed by atoms with Crippen molar-refractivity contribution in [1.82, 2.24) is 0 Å². The molecule has 0 aromatic heterocycles. The Morgan fingerprint density at radius 2 is 1.88 bits per heavy atom. The molecule has 1 amide bonds. The molecule has 0 fully saturated rings. The van der Waals surface area contributed by atoms with Crippen LogP contribution in [0.5, 0.6) is 0 Å². The van der Waals surface area contributed by atoms with E-state index in [2.05, 4.69) is 21.2 Å². The van der Waals surface area contributed by atoms with Gasteiger partial charge in [0.15, 0.2) is 0 Å². The summed E-state index contributed by atoms with van der Waals surface area (Å²) in [5, 5.41) is 7.86. The van der Waals surface area contributed by atoms with Crippen molar-refractivity contribution in [3.05, 3.63) is 63.6 Å². The van der Waals surface area contributed by atoms with Crippen LogP contribution in [-0.2, 0) is 14.8 Å². The topological polar surface area (TPSA) is 89.3 Å². The van der Waals surface area contributed by atoms with E-state index in [0.717, 1.165) is 21.2 Å². The first kappa shape index (κ1) is 18.4. The fourth-order valence-electron chi connectivity index (χ4n) is 2.07. The number of hydrogen-bond donors (Lipinski definition) is 2. The van der Waals surface area contributed by atoms with Gasteiger partial charge in [-0.15, -0.1) is 0 Å². The lowest BCUT2D eigenvalue weighted by atomic mass is 10.1. The fourth-order valence-corrected chi connectivity index (χ4v) is 3.11. The third kappa shape index (κ3) is 4.53. The maximum Gasteiger partial charge on any atom is 0.248 e. The number of halogens is 1. The van der Waals surface area contributed by atoms with E-state index >= 15 is 0 Å². The molecule has 7 heteroatoms. The molecule has 2 aromatic carbocycles. The fraction of sp³-hybridized carbons (Fsp3) is 0.118. The van der Waals surface area contributed by atoms with Gasteiger partial charge < -0.3 is 5.32 Å². The van der Waals surface area contributed by atoms with Crippen molar-refractivity contribution in [2.24, 2.45) is 5.14 Å². The van der Waals surface area contributed by atoms with Gasteiger partial charge in [0.25, 0.3) is 0 Å². The molecule has 0 radical (unpaired) electrons. The normalized spacial score (nSPS) is 11.7. The van der Waals surface area contributed by atoms with Crippen molar-refractivity contribution in [1.29, 1.82) is 0 Å². The number of aryl methyl sites for hydroxylation is 1. The molecule has 0 atom stereocenters. The van der Waals surface area contributed by atoms with E-state index in [0.29, 0.717) is 5.69 Å². The third-order valence-electron chi connectivity index (χ3n) is 3.55. The van der Waals surface area contributed by atoms with E-state index in [-0.39, 0.29) is 10.8 Å². The zero-order chi connectivity index (χ0) is 17.9. The number of nitrogens with two attached hydrogens (primary N) is 1. The number of hydrogen-bond acceptors (Lipinski definition) is 3. The average molecular weight is 409 g/mol. The monoisotopic (exact) mass is 408 g/mol. The summed E-state index contributed by atoms with van der Waals surface area (Å²) < 4.78 is 23.9. The highest BCUT2D eigenvalue weighted by atomic mass is 79.9. The molecule has 0 saturated heterocycles. The first-order valence-corrected chi connectivity index (χ1v) is 9.40. The van der Waals surface area contributed by atoms with Gasteiger partial charge in [0, 0.05) is 16.2 Å². The molecule has 0 saturated carbocycles. The van der Waals surface area contributed by atoms with Gasteiger partial charge in [-0.25, -0.2) is 13.6 Å². The van der Waals surface area contributed by atoms with Gasteiger partial charge in [0.05, 0.1) is 4.90 Å². The molecule has 2 aromatic rings. The SMILES string of the molecule is Cc1cc(S(N)(=O)=O)cc(NC(=O)/C=C/c2ccccc2Br)c1C. The van der Waals surface area contributed by atoms with Gasteiger partial charge >= 0.3 is 0 Å². The highest BCUT2D eigenvalue weighted by molar-refractivity contribution is 9.10. The standard InChI is InChI=1S/C17H17BrN2O3S/c1-11-9-14(24(19,22)23)10-16(12(11)2)20-17(21)8-7-13-5-3-4-6-15(13)18/h3-10H,1-2H3,(H,20,21)(H2,19,22,23)/b8-7+. The third-order valence-corrected chi connectivity index (χ3v) is 5.16. The number of benzene rings is 2. The lowest BCUT2D eigenvalue weighted by molar-refractivity contribution is -0.111. The first-order chi connectivity index (χ1) is 11.2. The number of sulfonamides is 1. The minimum atomic E-state index is -3.84. The predicted octanol–water partition coefficient (Wildman–Crippen LogP) is 3.37.